The van der Waals surface area contributed by atoms with Gasteiger partial charge in [-0.25, -0.2) is 9.37 Å². The summed E-state index contributed by atoms with van der Waals surface area (Å²) in [6.07, 6.45) is 0. The third-order valence-corrected chi connectivity index (χ3v) is 5.11. The quantitative estimate of drug-likeness (QED) is 0.704. The van der Waals surface area contributed by atoms with Crippen molar-refractivity contribution in [2.45, 2.75) is 20.8 Å². The van der Waals surface area contributed by atoms with Crippen LogP contribution in [0.15, 0.2) is 48.5 Å². The molecular weight excluding hydrogens is 365 g/mol. The third-order valence-electron chi connectivity index (χ3n) is 5.11. The van der Waals surface area contributed by atoms with Gasteiger partial charge in [0.05, 0.1) is 0 Å². The van der Waals surface area contributed by atoms with Crippen molar-refractivity contribution in [1.29, 1.82) is 0 Å². The highest BCUT2D eigenvalue weighted by atomic mass is 19.1. The van der Waals surface area contributed by atoms with Crippen LogP contribution in [0.25, 0.3) is 0 Å². The first-order chi connectivity index (χ1) is 14.0. The van der Waals surface area contributed by atoms with E-state index in [4.69, 9.17) is 4.98 Å². The van der Waals surface area contributed by atoms with E-state index >= 15 is 0 Å². The lowest BCUT2D eigenvalue weighted by atomic mass is 10.1. The Hall–Kier alpha value is -3.15. The molecule has 1 aromatic heterocycles. The van der Waals surface area contributed by atoms with Gasteiger partial charge >= 0.3 is 0 Å². The number of benzene rings is 2. The maximum Gasteiger partial charge on any atom is 0.229 e. The molecule has 2 aromatic carbocycles. The van der Waals surface area contributed by atoms with Gasteiger partial charge in [0.15, 0.2) is 0 Å². The topological polar surface area (TPSA) is 44.3 Å². The second-order valence-electron chi connectivity index (χ2n) is 7.64. The van der Waals surface area contributed by atoms with Crippen LogP contribution in [0.2, 0.25) is 0 Å². The number of aryl methyl sites for hydroxylation is 3. The Balaban J connectivity index is 1.47. The Bertz CT molecular complexity index is 974. The van der Waals surface area contributed by atoms with Gasteiger partial charge in [0.25, 0.3) is 0 Å². The van der Waals surface area contributed by atoms with Crippen molar-refractivity contribution in [2.75, 3.05) is 41.3 Å². The molecule has 6 heteroatoms. The monoisotopic (exact) mass is 391 g/mol. The first-order valence-corrected chi connectivity index (χ1v) is 9.93. The number of anilines is 4. The second-order valence-corrected chi connectivity index (χ2v) is 7.64. The van der Waals surface area contributed by atoms with Crippen LogP contribution >= 0.6 is 0 Å². The first kappa shape index (κ1) is 19.2. The molecule has 0 saturated carbocycles. The summed E-state index contributed by atoms with van der Waals surface area (Å²) < 4.78 is 13.2. The maximum atomic E-state index is 13.2. The zero-order chi connectivity index (χ0) is 20.4. The van der Waals surface area contributed by atoms with Crippen molar-refractivity contribution in [1.82, 2.24) is 9.97 Å². The minimum Gasteiger partial charge on any atom is -0.368 e. The summed E-state index contributed by atoms with van der Waals surface area (Å²) in [5.74, 6) is 1.35. The fourth-order valence-corrected chi connectivity index (χ4v) is 3.79. The number of nitrogens with one attached hydrogen (secondary N) is 1. The van der Waals surface area contributed by atoms with Crippen LogP contribution in [-0.2, 0) is 0 Å². The Labute approximate surface area is 171 Å². The summed E-state index contributed by atoms with van der Waals surface area (Å²) in [5.41, 5.74) is 5.40. The lowest BCUT2D eigenvalue weighted by molar-refractivity contribution is 0.624. The molecule has 3 aromatic rings. The summed E-state index contributed by atoms with van der Waals surface area (Å²) >= 11 is 0. The van der Waals surface area contributed by atoms with Crippen molar-refractivity contribution in [3.8, 4) is 0 Å². The number of piperazine rings is 1. The minimum absolute atomic E-state index is 0.201. The summed E-state index contributed by atoms with van der Waals surface area (Å²) in [4.78, 5) is 13.9. The van der Waals surface area contributed by atoms with Gasteiger partial charge in [-0.2, -0.15) is 4.98 Å². The standard InChI is InChI=1S/C23H26FN5/c1-16-12-17(2)14-20(13-16)26-23-25-18(3)15-22(27-23)29-10-8-28(9-11-29)21-6-4-19(24)5-7-21/h4-7,12-15H,8-11H2,1-3H3,(H,25,26,27). The molecule has 5 nitrogen and oxygen atoms in total. The van der Waals surface area contributed by atoms with Crippen LogP contribution in [0.5, 0.6) is 0 Å². The molecule has 0 radical (unpaired) electrons. The van der Waals surface area contributed by atoms with Crippen LogP contribution in [-0.4, -0.2) is 36.1 Å². The van der Waals surface area contributed by atoms with Crippen molar-refractivity contribution < 1.29 is 4.39 Å². The van der Waals surface area contributed by atoms with E-state index in [2.05, 4.69) is 52.1 Å². The van der Waals surface area contributed by atoms with E-state index in [0.29, 0.717) is 5.95 Å². The number of hydrogen-bond acceptors (Lipinski definition) is 5. The van der Waals surface area contributed by atoms with E-state index in [-0.39, 0.29) is 5.82 Å². The summed E-state index contributed by atoms with van der Waals surface area (Å²) in [5, 5.41) is 3.35. The molecule has 4 rings (SSSR count). The smallest absolute Gasteiger partial charge is 0.229 e. The number of hydrogen-bond donors (Lipinski definition) is 1. The molecule has 1 aliphatic rings. The maximum absolute atomic E-state index is 13.2. The number of halogens is 1. The molecule has 29 heavy (non-hydrogen) atoms. The number of aromatic nitrogens is 2. The molecule has 1 fully saturated rings. The molecular formula is C23H26FN5. The fraction of sp³-hybridized carbons (Fsp3) is 0.304. The van der Waals surface area contributed by atoms with E-state index in [1.165, 1.54) is 23.3 Å². The predicted octanol–water partition coefficient (Wildman–Crippen LogP) is 4.61. The van der Waals surface area contributed by atoms with Gasteiger partial charge in [0.1, 0.15) is 11.6 Å². The number of rotatable bonds is 4. The molecule has 1 aliphatic heterocycles. The van der Waals surface area contributed by atoms with Crippen molar-refractivity contribution in [2.24, 2.45) is 0 Å². The van der Waals surface area contributed by atoms with Gasteiger partial charge < -0.3 is 15.1 Å². The molecule has 0 aliphatic carbocycles. The van der Waals surface area contributed by atoms with E-state index in [9.17, 15) is 4.39 Å². The van der Waals surface area contributed by atoms with Crippen molar-refractivity contribution in [3.05, 3.63) is 71.2 Å². The van der Waals surface area contributed by atoms with Gasteiger partial charge in [-0.05, 0) is 68.3 Å². The number of nitrogens with zero attached hydrogens (tertiary/aromatic N) is 4. The van der Waals surface area contributed by atoms with Crippen LogP contribution in [0.4, 0.5) is 27.5 Å². The average Bonchev–Trinajstić information content (AvgIpc) is 2.67. The van der Waals surface area contributed by atoms with Crippen LogP contribution in [0.1, 0.15) is 16.8 Å². The molecule has 1 saturated heterocycles. The van der Waals surface area contributed by atoms with Crippen molar-refractivity contribution in [3.63, 3.8) is 0 Å². The zero-order valence-corrected chi connectivity index (χ0v) is 17.1. The molecule has 2 heterocycles. The first-order valence-electron chi connectivity index (χ1n) is 9.93. The molecule has 1 N–H and O–H groups in total. The lowest BCUT2D eigenvalue weighted by Crippen LogP contribution is -2.46. The predicted molar refractivity (Wildman–Crippen MR) is 117 cm³/mol. The van der Waals surface area contributed by atoms with E-state index in [1.807, 2.05) is 25.1 Å². The molecule has 150 valence electrons. The van der Waals surface area contributed by atoms with E-state index < -0.39 is 0 Å². The molecule has 0 unspecified atom stereocenters. The Morgan fingerprint density at radius 2 is 1.41 bits per heavy atom. The highest BCUT2D eigenvalue weighted by molar-refractivity contribution is 5.58. The molecule has 0 atom stereocenters. The van der Waals surface area contributed by atoms with Gasteiger partial charge in [0, 0.05) is 49.3 Å². The zero-order valence-electron chi connectivity index (χ0n) is 17.1. The largest absolute Gasteiger partial charge is 0.368 e. The van der Waals surface area contributed by atoms with E-state index in [0.717, 1.165) is 49.1 Å². The van der Waals surface area contributed by atoms with E-state index in [1.54, 1.807) is 0 Å². The van der Waals surface area contributed by atoms with Gasteiger partial charge in [-0.3, -0.25) is 0 Å². The molecule has 0 amide bonds. The fourth-order valence-electron chi connectivity index (χ4n) is 3.79. The minimum atomic E-state index is -0.201. The average molecular weight is 391 g/mol. The lowest BCUT2D eigenvalue weighted by Gasteiger charge is -2.36. The molecule has 0 spiro atoms. The highest BCUT2D eigenvalue weighted by Gasteiger charge is 2.19. The Morgan fingerprint density at radius 3 is 2.07 bits per heavy atom. The van der Waals surface area contributed by atoms with Crippen LogP contribution < -0.4 is 15.1 Å². The third kappa shape index (κ3) is 4.65. The summed E-state index contributed by atoms with van der Waals surface area (Å²) in [6.45, 7) is 9.62. The van der Waals surface area contributed by atoms with Crippen LogP contribution in [0, 0.1) is 26.6 Å². The van der Waals surface area contributed by atoms with Crippen LogP contribution in [0.3, 0.4) is 0 Å². The second kappa shape index (κ2) is 8.07. The SMILES string of the molecule is Cc1cc(C)cc(Nc2nc(C)cc(N3CCN(c4ccc(F)cc4)CC3)n2)c1. The summed E-state index contributed by atoms with van der Waals surface area (Å²) in [6, 6.07) is 15.1. The Kier molecular flexibility index (Phi) is 5.34. The molecule has 0 bridgehead atoms. The van der Waals surface area contributed by atoms with Gasteiger partial charge in [0.2, 0.25) is 5.95 Å². The Morgan fingerprint density at radius 1 is 0.793 bits per heavy atom. The summed E-state index contributed by atoms with van der Waals surface area (Å²) in [7, 11) is 0. The normalized spacial score (nSPS) is 14.2. The van der Waals surface area contributed by atoms with Crippen molar-refractivity contribution >= 4 is 23.1 Å². The highest BCUT2D eigenvalue weighted by Crippen LogP contribution is 2.23. The van der Waals surface area contributed by atoms with Gasteiger partial charge in [-0.15, -0.1) is 0 Å². The van der Waals surface area contributed by atoms with Gasteiger partial charge in [-0.1, -0.05) is 6.07 Å².